The number of aliphatic imine (C=N–C) groups is 1. The summed E-state index contributed by atoms with van der Waals surface area (Å²) in [5, 5.41) is 3.56. The molecule has 3 rings (SSSR count). The van der Waals surface area contributed by atoms with Crippen LogP contribution < -0.4 is 5.32 Å². The lowest BCUT2D eigenvalue weighted by atomic mass is 9.74. The van der Waals surface area contributed by atoms with Gasteiger partial charge in [0.2, 0.25) is 0 Å². The molecule has 0 atom stereocenters. The number of aryl methyl sites for hydroxylation is 1. The molecule has 1 fully saturated rings. The molecule has 1 aliphatic heterocycles. The van der Waals surface area contributed by atoms with Gasteiger partial charge in [-0.1, -0.05) is 24.3 Å². The van der Waals surface area contributed by atoms with Crippen LogP contribution in [0.4, 0.5) is 0 Å². The standard InChI is InChI=1S/C15H21N3/c1-11-5-3-4-6-14(11)12-9-13(10-12)17-15-16-7-8-18(15)2/h3-6,12-13H,7-10H2,1-2H3,(H,16,17). The molecule has 0 amide bonds. The predicted octanol–water partition coefficient (Wildman–Crippen LogP) is 2.13. The van der Waals surface area contributed by atoms with Crippen molar-refractivity contribution in [2.75, 3.05) is 20.1 Å². The number of rotatable bonds is 2. The number of guanidine groups is 1. The van der Waals surface area contributed by atoms with Crippen LogP contribution in [0.1, 0.15) is 29.9 Å². The molecule has 0 radical (unpaired) electrons. The zero-order valence-electron chi connectivity index (χ0n) is 11.2. The fraction of sp³-hybridized carbons (Fsp3) is 0.533. The smallest absolute Gasteiger partial charge is 0.194 e. The van der Waals surface area contributed by atoms with Crippen molar-refractivity contribution in [2.24, 2.45) is 4.99 Å². The molecule has 3 nitrogen and oxygen atoms in total. The van der Waals surface area contributed by atoms with Crippen molar-refractivity contribution in [3.8, 4) is 0 Å². The van der Waals surface area contributed by atoms with Crippen LogP contribution in [0.2, 0.25) is 0 Å². The van der Waals surface area contributed by atoms with Crippen molar-refractivity contribution in [1.29, 1.82) is 0 Å². The molecule has 1 heterocycles. The van der Waals surface area contributed by atoms with Gasteiger partial charge < -0.3 is 10.2 Å². The molecule has 1 aliphatic carbocycles. The zero-order chi connectivity index (χ0) is 12.5. The summed E-state index contributed by atoms with van der Waals surface area (Å²) in [4.78, 5) is 6.69. The highest BCUT2D eigenvalue weighted by Crippen LogP contribution is 2.38. The number of hydrogen-bond acceptors (Lipinski definition) is 3. The van der Waals surface area contributed by atoms with Crippen molar-refractivity contribution >= 4 is 5.96 Å². The van der Waals surface area contributed by atoms with E-state index >= 15 is 0 Å². The minimum atomic E-state index is 0.605. The Kier molecular flexibility index (Phi) is 2.98. The first-order chi connectivity index (χ1) is 8.74. The molecule has 0 aromatic heterocycles. The molecule has 3 heteroatoms. The van der Waals surface area contributed by atoms with Gasteiger partial charge in [-0.2, -0.15) is 0 Å². The number of hydrogen-bond donors (Lipinski definition) is 1. The summed E-state index contributed by atoms with van der Waals surface area (Å²) in [6.45, 7) is 4.20. The van der Waals surface area contributed by atoms with Gasteiger partial charge in [0.15, 0.2) is 5.96 Å². The van der Waals surface area contributed by atoms with Gasteiger partial charge in [-0.25, -0.2) is 0 Å². The summed E-state index contributed by atoms with van der Waals surface area (Å²) in [6, 6.07) is 9.36. The number of likely N-dealkylation sites (N-methyl/N-ethyl adjacent to an activating group) is 1. The minimum Gasteiger partial charge on any atom is -0.353 e. The van der Waals surface area contributed by atoms with Crippen molar-refractivity contribution in [2.45, 2.75) is 31.7 Å². The van der Waals surface area contributed by atoms with Crippen LogP contribution in [0.3, 0.4) is 0 Å². The number of nitrogens with zero attached hydrogens (tertiary/aromatic N) is 2. The molecular weight excluding hydrogens is 222 g/mol. The molecule has 1 N–H and O–H groups in total. The second-order valence-electron chi connectivity index (χ2n) is 5.49. The lowest BCUT2D eigenvalue weighted by Gasteiger charge is -2.38. The molecule has 2 aliphatic rings. The molecule has 18 heavy (non-hydrogen) atoms. The summed E-state index contributed by atoms with van der Waals surface area (Å²) in [7, 11) is 2.11. The number of benzene rings is 1. The topological polar surface area (TPSA) is 27.6 Å². The second-order valence-corrected chi connectivity index (χ2v) is 5.49. The van der Waals surface area contributed by atoms with E-state index in [2.05, 4.69) is 53.4 Å². The molecule has 1 aromatic rings. The fourth-order valence-corrected chi connectivity index (χ4v) is 2.91. The zero-order valence-corrected chi connectivity index (χ0v) is 11.2. The SMILES string of the molecule is Cc1ccccc1C1CC(NC2=NCCN2C)C1. The van der Waals surface area contributed by atoms with Crippen LogP contribution >= 0.6 is 0 Å². The number of nitrogens with one attached hydrogen (secondary N) is 1. The van der Waals surface area contributed by atoms with Gasteiger partial charge in [0.05, 0.1) is 6.54 Å². The Morgan fingerprint density at radius 1 is 1.28 bits per heavy atom. The first-order valence-electron chi connectivity index (χ1n) is 6.81. The van der Waals surface area contributed by atoms with E-state index in [0.717, 1.165) is 25.0 Å². The highest BCUT2D eigenvalue weighted by Gasteiger charge is 2.32. The quantitative estimate of drug-likeness (QED) is 0.861. The van der Waals surface area contributed by atoms with Crippen molar-refractivity contribution in [3.05, 3.63) is 35.4 Å². The van der Waals surface area contributed by atoms with Crippen LogP contribution in [-0.4, -0.2) is 37.0 Å². The molecule has 0 bridgehead atoms. The summed E-state index contributed by atoms with van der Waals surface area (Å²) < 4.78 is 0. The maximum Gasteiger partial charge on any atom is 0.194 e. The van der Waals surface area contributed by atoms with Gasteiger partial charge >= 0.3 is 0 Å². The predicted molar refractivity (Wildman–Crippen MR) is 75.0 cm³/mol. The van der Waals surface area contributed by atoms with E-state index in [4.69, 9.17) is 0 Å². The third kappa shape index (κ3) is 2.09. The van der Waals surface area contributed by atoms with Crippen molar-refractivity contribution in [1.82, 2.24) is 10.2 Å². The third-order valence-electron chi connectivity index (χ3n) is 4.16. The van der Waals surface area contributed by atoms with E-state index in [9.17, 15) is 0 Å². The Bertz CT molecular complexity index is 461. The maximum absolute atomic E-state index is 4.49. The summed E-state index contributed by atoms with van der Waals surface area (Å²) in [6.07, 6.45) is 2.47. The summed E-state index contributed by atoms with van der Waals surface area (Å²) in [5.41, 5.74) is 2.95. The molecule has 1 aromatic carbocycles. The average molecular weight is 243 g/mol. The minimum absolute atomic E-state index is 0.605. The summed E-state index contributed by atoms with van der Waals surface area (Å²) >= 11 is 0. The summed E-state index contributed by atoms with van der Waals surface area (Å²) in [5.74, 6) is 1.82. The van der Waals surface area contributed by atoms with Crippen molar-refractivity contribution < 1.29 is 0 Å². The largest absolute Gasteiger partial charge is 0.353 e. The van der Waals surface area contributed by atoms with Gasteiger partial charge in [-0.3, -0.25) is 4.99 Å². The van der Waals surface area contributed by atoms with Gasteiger partial charge in [-0.05, 0) is 36.8 Å². The van der Waals surface area contributed by atoms with E-state index < -0.39 is 0 Å². The molecule has 0 unspecified atom stereocenters. The van der Waals surface area contributed by atoms with E-state index in [1.165, 1.54) is 24.0 Å². The molecule has 0 spiro atoms. The van der Waals surface area contributed by atoms with Gasteiger partial charge in [-0.15, -0.1) is 0 Å². The highest BCUT2D eigenvalue weighted by molar-refractivity contribution is 5.81. The van der Waals surface area contributed by atoms with Crippen LogP contribution in [-0.2, 0) is 0 Å². The Labute approximate surface area is 109 Å². The van der Waals surface area contributed by atoms with E-state index in [1.807, 2.05) is 0 Å². The second kappa shape index (κ2) is 4.63. The van der Waals surface area contributed by atoms with Crippen LogP contribution in [0.15, 0.2) is 29.3 Å². The van der Waals surface area contributed by atoms with Gasteiger partial charge in [0, 0.05) is 19.6 Å². The normalized spacial score (nSPS) is 26.8. The van der Waals surface area contributed by atoms with Gasteiger partial charge in [0.25, 0.3) is 0 Å². The van der Waals surface area contributed by atoms with Crippen molar-refractivity contribution in [3.63, 3.8) is 0 Å². The lowest BCUT2D eigenvalue weighted by Crippen LogP contribution is -2.47. The first-order valence-corrected chi connectivity index (χ1v) is 6.81. The van der Waals surface area contributed by atoms with Crippen LogP contribution in [0.25, 0.3) is 0 Å². The highest BCUT2D eigenvalue weighted by atomic mass is 15.3. The van der Waals surface area contributed by atoms with E-state index in [-0.39, 0.29) is 0 Å². The Morgan fingerprint density at radius 3 is 2.72 bits per heavy atom. The molecular formula is C15H21N3. The Hall–Kier alpha value is -1.51. The average Bonchev–Trinajstić information content (AvgIpc) is 2.70. The molecule has 1 saturated carbocycles. The van der Waals surface area contributed by atoms with E-state index in [0.29, 0.717) is 6.04 Å². The Morgan fingerprint density at radius 2 is 2.06 bits per heavy atom. The third-order valence-corrected chi connectivity index (χ3v) is 4.16. The monoisotopic (exact) mass is 243 g/mol. The van der Waals surface area contributed by atoms with Crippen LogP contribution in [0, 0.1) is 6.92 Å². The molecule has 96 valence electrons. The van der Waals surface area contributed by atoms with E-state index in [1.54, 1.807) is 0 Å². The molecule has 0 saturated heterocycles. The van der Waals surface area contributed by atoms with Gasteiger partial charge in [0.1, 0.15) is 0 Å². The first kappa shape index (κ1) is 11.6. The van der Waals surface area contributed by atoms with Crippen LogP contribution in [0.5, 0.6) is 0 Å². The Balaban J connectivity index is 1.56. The lowest BCUT2D eigenvalue weighted by molar-refractivity contribution is 0.315. The fourth-order valence-electron chi connectivity index (χ4n) is 2.91. The maximum atomic E-state index is 4.49.